The maximum Gasteiger partial charge on any atom is 0.315 e. The number of ether oxygens (including phenoxy) is 3. The summed E-state index contributed by atoms with van der Waals surface area (Å²) in [5.74, 6) is 0.964. The Labute approximate surface area is 153 Å². The fourth-order valence-electron chi connectivity index (χ4n) is 3.00. The minimum atomic E-state index is -0.349. The second-order valence-corrected chi connectivity index (χ2v) is 6.12. The van der Waals surface area contributed by atoms with Gasteiger partial charge in [-0.15, -0.1) is 0 Å². The van der Waals surface area contributed by atoms with Crippen LogP contribution in [-0.2, 0) is 4.79 Å². The lowest BCUT2D eigenvalue weighted by atomic mass is 9.96. The van der Waals surface area contributed by atoms with Crippen molar-refractivity contribution in [3.05, 3.63) is 12.1 Å². The standard InChI is InChI=1S/C18H27N3O5/c1-24-14-9-13(10-15(25-2)17(14)26-3)20-16(22)11-19-18(23)21-12-7-5-4-6-8-12/h9-10,12H,4-8,11H2,1-3H3,(H,20,22)(H2,19,21,23). The summed E-state index contributed by atoms with van der Waals surface area (Å²) in [6, 6.07) is 3.13. The summed E-state index contributed by atoms with van der Waals surface area (Å²) >= 11 is 0. The van der Waals surface area contributed by atoms with Gasteiger partial charge in [0.2, 0.25) is 11.7 Å². The highest BCUT2D eigenvalue weighted by Crippen LogP contribution is 2.39. The molecule has 0 bridgehead atoms. The number of carbonyl (C=O) groups is 2. The highest BCUT2D eigenvalue weighted by Gasteiger charge is 2.17. The van der Waals surface area contributed by atoms with Crippen LogP contribution in [0.1, 0.15) is 32.1 Å². The van der Waals surface area contributed by atoms with E-state index in [0.717, 1.165) is 25.7 Å². The number of nitrogens with one attached hydrogen (secondary N) is 3. The summed E-state index contributed by atoms with van der Waals surface area (Å²) in [7, 11) is 4.51. The van der Waals surface area contributed by atoms with Gasteiger partial charge in [0.05, 0.1) is 27.9 Å². The molecule has 0 aromatic heterocycles. The molecule has 0 heterocycles. The van der Waals surface area contributed by atoms with E-state index in [2.05, 4.69) is 16.0 Å². The van der Waals surface area contributed by atoms with Crippen molar-refractivity contribution < 1.29 is 23.8 Å². The van der Waals surface area contributed by atoms with Crippen LogP contribution in [0.4, 0.5) is 10.5 Å². The van der Waals surface area contributed by atoms with E-state index in [4.69, 9.17) is 14.2 Å². The van der Waals surface area contributed by atoms with Gasteiger partial charge in [-0.2, -0.15) is 0 Å². The molecule has 0 radical (unpaired) electrons. The maximum absolute atomic E-state index is 12.1. The summed E-state index contributed by atoms with van der Waals surface area (Å²) in [4.78, 5) is 24.0. The maximum atomic E-state index is 12.1. The second-order valence-electron chi connectivity index (χ2n) is 6.12. The van der Waals surface area contributed by atoms with E-state index < -0.39 is 0 Å². The number of carbonyl (C=O) groups excluding carboxylic acids is 2. The van der Waals surface area contributed by atoms with Gasteiger partial charge in [-0.05, 0) is 12.8 Å². The molecule has 3 amide bonds. The Morgan fingerprint density at radius 3 is 2.15 bits per heavy atom. The van der Waals surface area contributed by atoms with Crippen LogP contribution < -0.4 is 30.2 Å². The van der Waals surface area contributed by atoms with Crippen LogP contribution >= 0.6 is 0 Å². The molecule has 144 valence electrons. The first kappa shape index (κ1) is 19.7. The minimum absolute atomic E-state index is 0.130. The number of hydrogen-bond donors (Lipinski definition) is 3. The van der Waals surface area contributed by atoms with Crippen LogP contribution in [-0.4, -0.2) is 45.9 Å². The molecule has 1 aliphatic carbocycles. The van der Waals surface area contributed by atoms with Crippen LogP contribution in [0.25, 0.3) is 0 Å². The molecule has 0 saturated heterocycles. The van der Waals surface area contributed by atoms with Gasteiger partial charge in [-0.1, -0.05) is 19.3 Å². The Hall–Kier alpha value is -2.64. The van der Waals surface area contributed by atoms with Gasteiger partial charge >= 0.3 is 6.03 Å². The van der Waals surface area contributed by atoms with Gasteiger partial charge < -0.3 is 30.2 Å². The summed E-state index contributed by atoms with van der Waals surface area (Å²) in [6.45, 7) is -0.130. The van der Waals surface area contributed by atoms with E-state index in [0.29, 0.717) is 22.9 Å². The van der Waals surface area contributed by atoms with Gasteiger partial charge in [0.1, 0.15) is 0 Å². The van der Waals surface area contributed by atoms with Crippen molar-refractivity contribution in [3.63, 3.8) is 0 Å². The third-order valence-corrected chi connectivity index (χ3v) is 4.30. The van der Waals surface area contributed by atoms with Crippen molar-refractivity contribution in [1.82, 2.24) is 10.6 Å². The average molecular weight is 365 g/mol. The first-order chi connectivity index (χ1) is 12.6. The van der Waals surface area contributed by atoms with Gasteiger partial charge in [0.25, 0.3) is 0 Å². The monoisotopic (exact) mass is 365 g/mol. The van der Waals surface area contributed by atoms with E-state index in [-0.39, 0.29) is 24.5 Å². The van der Waals surface area contributed by atoms with Crippen molar-refractivity contribution in [2.45, 2.75) is 38.1 Å². The zero-order chi connectivity index (χ0) is 18.9. The van der Waals surface area contributed by atoms with E-state index in [9.17, 15) is 9.59 Å². The van der Waals surface area contributed by atoms with Crippen molar-refractivity contribution in [3.8, 4) is 17.2 Å². The first-order valence-electron chi connectivity index (χ1n) is 8.71. The second kappa shape index (κ2) is 9.74. The predicted molar refractivity (Wildman–Crippen MR) is 98.1 cm³/mol. The van der Waals surface area contributed by atoms with Crippen molar-refractivity contribution in [2.24, 2.45) is 0 Å². The van der Waals surface area contributed by atoms with Gasteiger partial charge in [0, 0.05) is 23.9 Å². The first-order valence-corrected chi connectivity index (χ1v) is 8.71. The molecule has 0 aliphatic heterocycles. The normalized spacial score (nSPS) is 14.3. The fourth-order valence-corrected chi connectivity index (χ4v) is 3.00. The Morgan fingerprint density at radius 1 is 1.00 bits per heavy atom. The summed E-state index contributed by atoms with van der Waals surface area (Å²) in [5, 5.41) is 8.19. The van der Waals surface area contributed by atoms with Crippen LogP contribution in [0.2, 0.25) is 0 Å². The molecule has 3 N–H and O–H groups in total. The third-order valence-electron chi connectivity index (χ3n) is 4.30. The van der Waals surface area contributed by atoms with Crippen LogP contribution in [0.15, 0.2) is 12.1 Å². The van der Waals surface area contributed by atoms with Crippen LogP contribution in [0, 0.1) is 0 Å². The Balaban J connectivity index is 1.87. The molecule has 8 heteroatoms. The molecule has 0 atom stereocenters. The lowest BCUT2D eigenvalue weighted by Crippen LogP contribution is -2.45. The average Bonchev–Trinajstić information content (AvgIpc) is 2.66. The highest BCUT2D eigenvalue weighted by molar-refractivity contribution is 5.95. The van der Waals surface area contributed by atoms with E-state index in [1.807, 2.05) is 0 Å². The number of amides is 3. The third kappa shape index (κ3) is 5.44. The molecule has 0 spiro atoms. The smallest absolute Gasteiger partial charge is 0.315 e. The fraction of sp³-hybridized carbons (Fsp3) is 0.556. The molecular formula is C18H27N3O5. The molecule has 1 aromatic rings. The number of rotatable bonds is 7. The van der Waals surface area contributed by atoms with Crippen molar-refractivity contribution >= 4 is 17.6 Å². The minimum Gasteiger partial charge on any atom is -0.493 e. The predicted octanol–water partition coefficient (Wildman–Crippen LogP) is 2.28. The number of benzene rings is 1. The molecule has 8 nitrogen and oxygen atoms in total. The number of anilines is 1. The topological polar surface area (TPSA) is 97.9 Å². The molecule has 2 rings (SSSR count). The molecule has 1 aliphatic rings. The van der Waals surface area contributed by atoms with Crippen molar-refractivity contribution in [1.29, 1.82) is 0 Å². The Bertz CT molecular complexity index is 604. The lowest BCUT2D eigenvalue weighted by Gasteiger charge is -2.22. The SMILES string of the molecule is COc1cc(NC(=O)CNC(=O)NC2CCCCC2)cc(OC)c1OC. The van der Waals surface area contributed by atoms with Gasteiger partial charge in [0.15, 0.2) is 11.5 Å². The summed E-state index contributed by atoms with van der Waals surface area (Å²) in [6.07, 6.45) is 5.46. The summed E-state index contributed by atoms with van der Waals surface area (Å²) in [5.41, 5.74) is 0.485. The molecular weight excluding hydrogens is 338 g/mol. The number of urea groups is 1. The zero-order valence-electron chi connectivity index (χ0n) is 15.5. The van der Waals surface area contributed by atoms with E-state index in [1.165, 1.54) is 27.8 Å². The van der Waals surface area contributed by atoms with Crippen molar-refractivity contribution in [2.75, 3.05) is 33.2 Å². The van der Waals surface area contributed by atoms with Gasteiger partial charge in [-0.25, -0.2) is 4.79 Å². The van der Waals surface area contributed by atoms with Crippen LogP contribution in [0.5, 0.6) is 17.2 Å². The number of methoxy groups -OCH3 is 3. The van der Waals surface area contributed by atoms with Gasteiger partial charge in [-0.3, -0.25) is 4.79 Å². The zero-order valence-corrected chi connectivity index (χ0v) is 15.5. The molecule has 1 saturated carbocycles. The quantitative estimate of drug-likeness (QED) is 0.689. The van der Waals surface area contributed by atoms with E-state index in [1.54, 1.807) is 12.1 Å². The lowest BCUT2D eigenvalue weighted by molar-refractivity contribution is -0.115. The van der Waals surface area contributed by atoms with Crippen LogP contribution in [0.3, 0.4) is 0 Å². The summed E-state index contributed by atoms with van der Waals surface area (Å²) < 4.78 is 15.7. The Morgan fingerprint density at radius 2 is 1.62 bits per heavy atom. The largest absolute Gasteiger partial charge is 0.493 e. The molecule has 1 fully saturated rings. The number of hydrogen-bond acceptors (Lipinski definition) is 5. The Kier molecular flexibility index (Phi) is 7.37. The highest BCUT2D eigenvalue weighted by atomic mass is 16.5. The molecule has 1 aromatic carbocycles. The van der Waals surface area contributed by atoms with E-state index >= 15 is 0 Å². The molecule has 0 unspecified atom stereocenters. The molecule has 26 heavy (non-hydrogen) atoms.